The maximum atomic E-state index is 14.5. The Balaban J connectivity index is 2.18. The first-order valence-electron chi connectivity index (χ1n) is 7.42. The van der Waals surface area contributed by atoms with Crippen LogP contribution in [0.15, 0.2) is 36.4 Å². The van der Waals surface area contributed by atoms with Gasteiger partial charge >= 0.3 is 12.4 Å². The first kappa shape index (κ1) is 19.3. The number of halogens is 7. The number of hydrogen-bond acceptors (Lipinski definition) is 3. The van der Waals surface area contributed by atoms with Crippen molar-refractivity contribution in [2.75, 3.05) is 0 Å². The van der Waals surface area contributed by atoms with Gasteiger partial charge < -0.3 is 0 Å². The van der Waals surface area contributed by atoms with E-state index in [4.69, 9.17) is 5.26 Å². The molecule has 0 amide bonds. The molecule has 144 valence electrons. The van der Waals surface area contributed by atoms with Crippen LogP contribution in [0.5, 0.6) is 0 Å². The molecule has 0 aliphatic heterocycles. The summed E-state index contributed by atoms with van der Waals surface area (Å²) in [6.45, 7) is 0. The predicted octanol–water partition coefficient (Wildman–Crippen LogP) is 5.19. The summed E-state index contributed by atoms with van der Waals surface area (Å²) in [5.74, 6) is -1.08. The molecule has 3 rings (SSSR count). The average Bonchev–Trinajstić information content (AvgIpc) is 3.08. The Labute approximate surface area is 152 Å². The number of H-pyrrole nitrogens is 1. The normalized spacial score (nSPS) is 12.1. The largest absolute Gasteiger partial charge is 0.417 e. The number of aromatic amines is 1. The number of aromatic nitrogens is 3. The fraction of sp³-hybridized carbons (Fsp3) is 0.118. The standard InChI is InChI=1S/C17H7F7N4/c18-13-5-8(1-3-10(13)15-14(7-25)26-28-27-15)11-6-9(16(19,20)21)2-4-12(11)17(22,23)24/h1-6H,(H,26,27,28). The van der Waals surface area contributed by atoms with Crippen LogP contribution in [-0.4, -0.2) is 15.4 Å². The molecule has 1 heterocycles. The first-order chi connectivity index (χ1) is 13.0. The molecule has 1 N–H and O–H groups in total. The predicted molar refractivity (Wildman–Crippen MR) is 81.9 cm³/mol. The van der Waals surface area contributed by atoms with Gasteiger partial charge in [0.05, 0.1) is 11.1 Å². The van der Waals surface area contributed by atoms with Gasteiger partial charge in [0.25, 0.3) is 0 Å². The van der Waals surface area contributed by atoms with E-state index in [0.717, 1.165) is 12.1 Å². The van der Waals surface area contributed by atoms with E-state index < -0.39 is 40.4 Å². The molecule has 0 saturated carbocycles. The van der Waals surface area contributed by atoms with Crippen LogP contribution in [0.25, 0.3) is 22.4 Å². The summed E-state index contributed by atoms with van der Waals surface area (Å²) in [7, 11) is 0. The summed E-state index contributed by atoms with van der Waals surface area (Å²) in [5.41, 5.74) is -4.48. The van der Waals surface area contributed by atoms with Crippen molar-refractivity contribution in [2.45, 2.75) is 12.4 Å². The molecule has 0 unspecified atom stereocenters. The van der Waals surface area contributed by atoms with Crippen LogP contribution in [0.1, 0.15) is 16.8 Å². The van der Waals surface area contributed by atoms with Crippen LogP contribution >= 0.6 is 0 Å². The molecule has 1 aromatic heterocycles. The quantitative estimate of drug-likeness (QED) is 0.603. The lowest BCUT2D eigenvalue weighted by Gasteiger charge is -2.16. The van der Waals surface area contributed by atoms with E-state index in [1.807, 2.05) is 0 Å². The van der Waals surface area contributed by atoms with Crippen molar-refractivity contribution in [1.82, 2.24) is 15.4 Å². The summed E-state index contributed by atoms with van der Waals surface area (Å²) >= 11 is 0. The summed E-state index contributed by atoms with van der Waals surface area (Å²) in [4.78, 5) is 0. The topological polar surface area (TPSA) is 65.4 Å². The molecule has 2 aromatic carbocycles. The summed E-state index contributed by atoms with van der Waals surface area (Å²) < 4.78 is 92.9. The van der Waals surface area contributed by atoms with Crippen molar-refractivity contribution < 1.29 is 30.7 Å². The smallest absolute Gasteiger partial charge is 0.247 e. The highest BCUT2D eigenvalue weighted by Crippen LogP contribution is 2.41. The molecular formula is C17H7F7N4. The summed E-state index contributed by atoms with van der Waals surface area (Å²) in [5, 5.41) is 18.0. The van der Waals surface area contributed by atoms with E-state index in [1.165, 1.54) is 0 Å². The number of nitriles is 1. The molecule has 0 spiro atoms. The van der Waals surface area contributed by atoms with E-state index in [9.17, 15) is 30.7 Å². The zero-order valence-corrected chi connectivity index (χ0v) is 13.5. The Morgan fingerprint density at radius 2 is 1.61 bits per heavy atom. The number of nitrogens with one attached hydrogen (secondary N) is 1. The van der Waals surface area contributed by atoms with Crippen molar-refractivity contribution in [3.63, 3.8) is 0 Å². The maximum absolute atomic E-state index is 14.5. The van der Waals surface area contributed by atoms with E-state index in [-0.39, 0.29) is 17.0 Å². The van der Waals surface area contributed by atoms with Crippen LogP contribution in [0, 0.1) is 17.1 Å². The van der Waals surface area contributed by atoms with Gasteiger partial charge in [-0.1, -0.05) is 11.3 Å². The van der Waals surface area contributed by atoms with E-state index in [2.05, 4.69) is 15.4 Å². The molecule has 0 aliphatic carbocycles. The Morgan fingerprint density at radius 3 is 2.18 bits per heavy atom. The molecule has 0 fully saturated rings. The van der Waals surface area contributed by atoms with Crippen molar-refractivity contribution in [3.05, 3.63) is 59.0 Å². The van der Waals surface area contributed by atoms with Gasteiger partial charge in [-0.3, -0.25) is 0 Å². The number of alkyl halides is 6. The molecule has 3 aromatic rings. The SMILES string of the molecule is N#Cc1[nH]nnc1-c1ccc(-c2cc(C(F)(F)F)ccc2C(F)(F)F)cc1F. The second kappa shape index (κ2) is 6.63. The molecule has 0 aliphatic rings. The third-order valence-electron chi connectivity index (χ3n) is 3.85. The van der Waals surface area contributed by atoms with Crippen molar-refractivity contribution in [2.24, 2.45) is 0 Å². The summed E-state index contributed by atoms with van der Waals surface area (Å²) in [6, 6.07) is 5.28. The highest BCUT2D eigenvalue weighted by Gasteiger charge is 2.37. The zero-order chi connectivity index (χ0) is 20.7. The third kappa shape index (κ3) is 3.53. The van der Waals surface area contributed by atoms with Crippen LogP contribution in [0.3, 0.4) is 0 Å². The lowest BCUT2D eigenvalue weighted by molar-refractivity contribution is -0.141. The highest BCUT2D eigenvalue weighted by molar-refractivity contribution is 5.74. The number of rotatable bonds is 2. The molecule has 28 heavy (non-hydrogen) atoms. The fourth-order valence-corrected chi connectivity index (χ4v) is 2.58. The molecule has 4 nitrogen and oxygen atoms in total. The molecule has 11 heteroatoms. The minimum absolute atomic E-state index is 0.174. The van der Waals surface area contributed by atoms with Crippen molar-refractivity contribution in [3.8, 4) is 28.5 Å². The lowest BCUT2D eigenvalue weighted by Crippen LogP contribution is -2.11. The monoisotopic (exact) mass is 400 g/mol. The Hall–Kier alpha value is -3.42. The number of benzene rings is 2. The zero-order valence-electron chi connectivity index (χ0n) is 13.5. The van der Waals surface area contributed by atoms with Gasteiger partial charge in [-0.25, -0.2) is 9.49 Å². The molecule has 0 atom stereocenters. The molecular weight excluding hydrogens is 393 g/mol. The second-order valence-corrected chi connectivity index (χ2v) is 5.60. The van der Waals surface area contributed by atoms with Crippen LogP contribution < -0.4 is 0 Å². The van der Waals surface area contributed by atoms with Crippen molar-refractivity contribution >= 4 is 0 Å². The number of hydrogen-bond donors (Lipinski definition) is 1. The average molecular weight is 400 g/mol. The third-order valence-corrected chi connectivity index (χ3v) is 3.85. The number of nitrogens with zero attached hydrogens (tertiary/aromatic N) is 3. The van der Waals surface area contributed by atoms with E-state index >= 15 is 0 Å². The van der Waals surface area contributed by atoms with Crippen LogP contribution in [0.2, 0.25) is 0 Å². The fourth-order valence-electron chi connectivity index (χ4n) is 2.58. The molecule has 0 saturated heterocycles. The van der Waals surface area contributed by atoms with E-state index in [1.54, 1.807) is 6.07 Å². The van der Waals surface area contributed by atoms with E-state index in [0.29, 0.717) is 24.3 Å². The first-order valence-corrected chi connectivity index (χ1v) is 7.42. The van der Waals surface area contributed by atoms with Crippen LogP contribution in [-0.2, 0) is 12.4 Å². The van der Waals surface area contributed by atoms with Gasteiger partial charge in [0.15, 0.2) is 5.69 Å². The molecule has 0 radical (unpaired) electrons. The Morgan fingerprint density at radius 1 is 0.893 bits per heavy atom. The summed E-state index contributed by atoms with van der Waals surface area (Å²) in [6.07, 6.45) is -9.82. The second-order valence-electron chi connectivity index (χ2n) is 5.60. The minimum Gasteiger partial charge on any atom is -0.247 e. The highest BCUT2D eigenvalue weighted by atomic mass is 19.4. The minimum atomic E-state index is -4.95. The van der Waals surface area contributed by atoms with Gasteiger partial charge in [-0.15, -0.1) is 5.10 Å². The lowest BCUT2D eigenvalue weighted by atomic mass is 9.95. The molecule has 0 bridgehead atoms. The van der Waals surface area contributed by atoms with Gasteiger partial charge in [0, 0.05) is 5.56 Å². The van der Waals surface area contributed by atoms with Gasteiger partial charge in [-0.05, 0) is 41.5 Å². The van der Waals surface area contributed by atoms with Gasteiger partial charge in [0.2, 0.25) is 0 Å². The van der Waals surface area contributed by atoms with Gasteiger partial charge in [0.1, 0.15) is 17.6 Å². The Kier molecular flexibility index (Phi) is 4.58. The van der Waals surface area contributed by atoms with Crippen LogP contribution in [0.4, 0.5) is 30.7 Å². The van der Waals surface area contributed by atoms with Crippen molar-refractivity contribution in [1.29, 1.82) is 5.26 Å². The van der Waals surface area contributed by atoms with Gasteiger partial charge in [-0.2, -0.15) is 31.6 Å². The Bertz CT molecular complexity index is 1070. The maximum Gasteiger partial charge on any atom is 0.417 e.